The molecule has 10 heteroatoms. The van der Waals surface area contributed by atoms with E-state index in [-0.39, 0.29) is 36.3 Å². The minimum absolute atomic E-state index is 0.0599. The number of amides is 1. The van der Waals surface area contributed by atoms with Crippen LogP contribution in [0.3, 0.4) is 0 Å². The molecular weight excluding hydrogens is 449 g/mol. The monoisotopic (exact) mass is 477 g/mol. The van der Waals surface area contributed by atoms with Gasteiger partial charge in [-0.2, -0.15) is 4.31 Å². The number of methoxy groups -OCH3 is 2. The Morgan fingerprint density at radius 1 is 0.970 bits per heavy atom. The zero-order valence-corrected chi connectivity index (χ0v) is 19.6. The van der Waals surface area contributed by atoms with Gasteiger partial charge in [-0.3, -0.25) is 4.79 Å². The zero-order valence-electron chi connectivity index (χ0n) is 18.8. The summed E-state index contributed by atoms with van der Waals surface area (Å²) < 4.78 is 51.5. The van der Waals surface area contributed by atoms with Crippen molar-refractivity contribution < 1.29 is 27.1 Å². The van der Waals surface area contributed by atoms with Crippen molar-refractivity contribution in [2.24, 2.45) is 0 Å². The molecule has 1 saturated heterocycles. The van der Waals surface area contributed by atoms with Crippen molar-refractivity contribution >= 4 is 21.6 Å². The summed E-state index contributed by atoms with van der Waals surface area (Å²) in [6.45, 7) is 1.98. The minimum atomic E-state index is -3.73. The molecule has 0 aliphatic carbocycles. The van der Waals surface area contributed by atoms with Gasteiger partial charge < -0.3 is 19.3 Å². The Kier molecular flexibility index (Phi) is 6.76. The predicted octanol–water partition coefficient (Wildman–Crippen LogP) is 2.13. The number of hydrogen-bond acceptors (Lipinski definition) is 6. The molecule has 0 atom stereocenters. The van der Waals surface area contributed by atoms with E-state index in [0.717, 1.165) is 30.6 Å². The number of ether oxygens (including phenoxy) is 2. The van der Waals surface area contributed by atoms with Crippen LogP contribution in [0, 0.1) is 5.82 Å². The molecule has 0 aromatic heterocycles. The Hall–Kier alpha value is -2.85. The molecule has 2 aromatic rings. The summed E-state index contributed by atoms with van der Waals surface area (Å²) >= 11 is 0. The van der Waals surface area contributed by atoms with Gasteiger partial charge in [0.1, 0.15) is 5.82 Å². The van der Waals surface area contributed by atoms with E-state index in [1.54, 1.807) is 17.0 Å². The molecule has 0 radical (unpaired) electrons. The number of carbonyl (C=O) groups excluding carboxylic acids is 1. The number of carbonyl (C=O) groups is 1. The second kappa shape index (κ2) is 9.56. The van der Waals surface area contributed by atoms with Crippen molar-refractivity contribution in [3.63, 3.8) is 0 Å². The molecule has 0 saturated carbocycles. The lowest BCUT2D eigenvalue weighted by atomic mass is 10.0. The molecule has 0 unspecified atom stereocenters. The molecular formula is C23H28FN3O5S. The summed E-state index contributed by atoms with van der Waals surface area (Å²) in [6.07, 6.45) is 1.66. The number of fused-ring (bicyclic) bond motifs is 1. The van der Waals surface area contributed by atoms with Crippen LogP contribution in [0.4, 0.5) is 10.1 Å². The SMILES string of the molecule is COc1ccc(S(=O)(=O)N2CCN(C(=O)CN3CCCc4cc(F)ccc43)CC2)cc1OC. The van der Waals surface area contributed by atoms with Gasteiger partial charge in [-0.15, -0.1) is 0 Å². The van der Waals surface area contributed by atoms with E-state index in [4.69, 9.17) is 9.47 Å². The van der Waals surface area contributed by atoms with Crippen molar-refractivity contribution in [1.29, 1.82) is 0 Å². The molecule has 2 aliphatic rings. The van der Waals surface area contributed by atoms with Gasteiger partial charge in [-0.05, 0) is 48.7 Å². The van der Waals surface area contributed by atoms with Crippen LogP contribution in [0.5, 0.6) is 11.5 Å². The Morgan fingerprint density at radius 3 is 2.39 bits per heavy atom. The highest BCUT2D eigenvalue weighted by atomic mass is 32.2. The number of piperazine rings is 1. The van der Waals surface area contributed by atoms with Crippen LogP contribution in [-0.4, -0.2) is 77.0 Å². The standard InChI is InChI=1S/C23H28FN3O5S/c1-31-21-8-6-19(15-22(21)32-2)33(29,30)27-12-10-25(11-13-27)23(28)16-26-9-3-4-17-14-18(24)5-7-20(17)26/h5-8,14-15H,3-4,9-13,16H2,1-2H3. The van der Waals surface area contributed by atoms with E-state index in [1.807, 2.05) is 4.90 Å². The summed E-state index contributed by atoms with van der Waals surface area (Å²) in [4.78, 5) is 16.7. The first-order valence-corrected chi connectivity index (χ1v) is 12.3. The number of halogens is 1. The van der Waals surface area contributed by atoms with Crippen LogP contribution in [0.1, 0.15) is 12.0 Å². The molecule has 2 aliphatic heterocycles. The Labute approximate surface area is 193 Å². The first-order chi connectivity index (χ1) is 15.8. The minimum Gasteiger partial charge on any atom is -0.493 e. The maximum atomic E-state index is 13.6. The normalized spacial score (nSPS) is 16.9. The number of sulfonamides is 1. The van der Waals surface area contributed by atoms with E-state index in [2.05, 4.69) is 0 Å². The van der Waals surface area contributed by atoms with Gasteiger partial charge in [0, 0.05) is 44.5 Å². The first kappa shape index (κ1) is 23.3. The molecule has 1 amide bonds. The molecule has 178 valence electrons. The van der Waals surface area contributed by atoms with Crippen molar-refractivity contribution in [3.8, 4) is 11.5 Å². The first-order valence-electron chi connectivity index (χ1n) is 10.9. The second-order valence-electron chi connectivity index (χ2n) is 8.10. The molecule has 0 spiro atoms. The van der Waals surface area contributed by atoms with Crippen LogP contribution in [-0.2, 0) is 21.2 Å². The number of rotatable bonds is 6. The quantitative estimate of drug-likeness (QED) is 0.634. The largest absolute Gasteiger partial charge is 0.493 e. The highest BCUT2D eigenvalue weighted by molar-refractivity contribution is 7.89. The van der Waals surface area contributed by atoms with Gasteiger partial charge >= 0.3 is 0 Å². The number of hydrogen-bond donors (Lipinski definition) is 0. The van der Waals surface area contributed by atoms with E-state index in [0.29, 0.717) is 24.6 Å². The number of anilines is 1. The van der Waals surface area contributed by atoms with Gasteiger partial charge in [-0.25, -0.2) is 12.8 Å². The lowest BCUT2D eigenvalue weighted by Crippen LogP contribution is -2.52. The number of nitrogens with zero attached hydrogens (tertiary/aromatic N) is 3. The molecule has 1 fully saturated rings. The third-order valence-corrected chi connectivity index (χ3v) is 8.06. The maximum absolute atomic E-state index is 13.6. The van der Waals surface area contributed by atoms with Crippen molar-refractivity contribution in [3.05, 3.63) is 47.8 Å². The summed E-state index contributed by atoms with van der Waals surface area (Å²) in [5.74, 6) is 0.465. The van der Waals surface area contributed by atoms with Crippen molar-refractivity contribution in [1.82, 2.24) is 9.21 Å². The summed E-state index contributed by atoms with van der Waals surface area (Å²) in [7, 11) is -0.783. The van der Waals surface area contributed by atoms with E-state index >= 15 is 0 Å². The molecule has 2 aromatic carbocycles. The van der Waals surface area contributed by atoms with Crippen LogP contribution < -0.4 is 14.4 Å². The molecule has 8 nitrogen and oxygen atoms in total. The van der Waals surface area contributed by atoms with Gasteiger partial charge in [0.05, 0.1) is 25.7 Å². The van der Waals surface area contributed by atoms with E-state index in [1.165, 1.54) is 42.8 Å². The molecule has 0 N–H and O–H groups in total. The fourth-order valence-electron chi connectivity index (χ4n) is 4.38. The maximum Gasteiger partial charge on any atom is 0.243 e. The van der Waals surface area contributed by atoms with Gasteiger partial charge in [-0.1, -0.05) is 0 Å². The fraction of sp³-hybridized carbons (Fsp3) is 0.435. The smallest absolute Gasteiger partial charge is 0.243 e. The van der Waals surface area contributed by atoms with Crippen molar-refractivity contribution in [2.75, 3.05) is 58.4 Å². The zero-order chi connectivity index (χ0) is 23.6. The average molecular weight is 478 g/mol. The predicted molar refractivity (Wildman–Crippen MR) is 122 cm³/mol. The highest BCUT2D eigenvalue weighted by Gasteiger charge is 2.31. The molecule has 0 bridgehead atoms. The lowest BCUT2D eigenvalue weighted by molar-refractivity contribution is -0.130. The highest BCUT2D eigenvalue weighted by Crippen LogP contribution is 2.31. The second-order valence-corrected chi connectivity index (χ2v) is 10.0. The van der Waals surface area contributed by atoms with Gasteiger partial charge in [0.25, 0.3) is 0 Å². The molecule has 2 heterocycles. The summed E-state index contributed by atoms with van der Waals surface area (Å²) in [5.41, 5.74) is 1.81. The summed E-state index contributed by atoms with van der Waals surface area (Å²) in [5, 5.41) is 0. The Balaban J connectivity index is 1.39. The number of benzene rings is 2. The van der Waals surface area contributed by atoms with Crippen molar-refractivity contribution in [2.45, 2.75) is 17.7 Å². The third kappa shape index (κ3) is 4.77. The third-order valence-electron chi connectivity index (χ3n) is 6.17. The molecule has 33 heavy (non-hydrogen) atoms. The van der Waals surface area contributed by atoms with Gasteiger partial charge in [0.15, 0.2) is 11.5 Å². The average Bonchev–Trinajstić information content (AvgIpc) is 2.83. The molecule has 4 rings (SSSR count). The Bertz CT molecular complexity index is 1130. The van der Waals surface area contributed by atoms with Crippen LogP contribution in [0.2, 0.25) is 0 Å². The van der Waals surface area contributed by atoms with Gasteiger partial charge in [0.2, 0.25) is 15.9 Å². The fourth-order valence-corrected chi connectivity index (χ4v) is 5.81. The van der Waals surface area contributed by atoms with Crippen LogP contribution in [0.25, 0.3) is 0 Å². The van der Waals surface area contributed by atoms with E-state index in [9.17, 15) is 17.6 Å². The topological polar surface area (TPSA) is 79.4 Å². The van der Waals surface area contributed by atoms with E-state index < -0.39 is 10.0 Å². The lowest BCUT2D eigenvalue weighted by Gasteiger charge is -2.36. The number of aryl methyl sites for hydroxylation is 1. The van der Waals surface area contributed by atoms with Crippen LogP contribution in [0.15, 0.2) is 41.3 Å². The van der Waals surface area contributed by atoms with Crippen LogP contribution >= 0.6 is 0 Å². The Morgan fingerprint density at radius 2 is 1.70 bits per heavy atom. The summed E-state index contributed by atoms with van der Waals surface area (Å²) in [6, 6.07) is 9.18.